The number of nitrogens with zero attached hydrogens (tertiary/aromatic N) is 3. The zero-order chi connectivity index (χ0) is 10.6. The number of methoxy groups -OCH3 is 1. The Bertz CT molecular complexity index is 355. The third-order valence-corrected chi connectivity index (χ3v) is 1.80. The van der Waals surface area contributed by atoms with Gasteiger partial charge in [0.05, 0.1) is 19.6 Å². The summed E-state index contributed by atoms with van der Waals surface area (Å²) < 4.78 is 5.04. The van der Waals surface area contributed by atoms with Crippen LogP contribution in [0.25, 0.3) is 0 Å². The van der Waals surface area contributed by atoms with Crippen molar-refractivity contribution >= 4 is 5.82 Å². The highest BCUT2D eigenvalue weighted by molar-refractivity contribution is 5.43. The van der Waals surface area contributed by atoms with Crippen LogP contribution < -0.4 is 9.64 Å². The Labute approximate surface area is 83.7 Å². The summed E-state index contributed by atoms with van der Waals surface area (Å²) in [4.78, 5) is 6.11. The van der Waals surface area contributed by atoms with E-state index in [4.69, 9.17) is 10.00 Å². The summed E-state index contributed by atoms with van der Waals surface area (Å²) in [7, 11) is 5.37. The Morgan fingerprint density at radius 3 is 2.71 bits per heavy atom. The highest BCUT2D eigenvalue weighted by atomic mass is 16.5. The SMILES string of the molecule is COc1cc(CC#N)cc(N(C)C)n1. The maximum absolute atomic E-state index is 8.59. The number of rotatable bonds is 3. The summed E-state index contributed by atoms with van der Waals surface area (Å²) in [5.74, 6) is 1.34. The monoisotopic (exact) mass is 191 g/mol. The topological polar surface area (TPSA) is 49.1 Å². The first-order valence-corrected chi connectivity index (χ1v) is 4.26. The largest absolute Gasteiger partial charge is 0.481 e. The van der Waals surface area contributed by atoms with Gasteiger partial charge in [0.2, 0.25) is 5.88 Å². The fourth-order valence-corrected chi connectivity index (χ4v) is 1.07. The fourth-order valence-electron chi connectivity index (χ4n) is 1.07. The summed E-state index contributed by atoms with van der Waals surface area (Å²) in [6.45, 7) is 0. The first-order chi connectivity index (χ1) is 6.67. The maximum atomic E-state index is 8.59. The predicted octanol–water partition coefficient (Wildman–Crippen LogP) is 1.22. The quantitative estimate of drug-likeness (QED) is 0.720. The summed E-state index contributed by atoms with van der Waals surface area (Å²) >= 11 is 0. The molecule has 0 unspecified atom stereocenters. The molecule has 0 spiro atoms. The number of aromatic nitrogens is 1. The molecule has 0 N–H and O–H groups in total. The van der Waals surface area contributed by atoms with Gasteiger partial charge in [-0.15, -0.1) is 0 Å². The Morgan fingerprint density at radius 1 is 1.50 bits per heavy atom. The van der Waals surface area contributed by atoms with E-state index in [1.165, 1.54) is 0 Å². The lowest BCUT2D eigenvalue weighted by Crippen LogP contribution is -2.11. The molecule has 0 aliphatic rings. The molecular formula is C10H13N3O. The van der Waals surface area contributed by atoms with Crippen molar-refractivity contribution in [2.45, 2.75) is 6.42 Å². The second kappa shape index (κ2) is 4.47. The van der Waals surface area contributed by atoms with Crippen LogP contribution in [0.3, 0.4) is 0 Å². The molecule has 4 heteroatoms. The van der Waals surface area contributed by atoms with E-state index in [0.717, 1.165) is 11.4 Å². The smallest absolute Gasteiger partial charge is 0.215 e. The molecule has 0 radical (unpaired) electrons. The van der Waals surface area contributed by atoms with Crippen LogP contribution in [0, 0.1) is 11.3 Å². The van der Waals surface area contributed by atoms with Crippen molar-refractivity contribution in [1.82, 2.24) is 4.98 Å². The van der Waals surface area contributed by atoms with Gasteiger partial charge < -0.3 is 9.64 Å². The zero-order valence-electron chi connectivity index (χ0n) is 8.61. The van der Waals surface area contributed by atoms with E-state index in [2.05, 4.69) is 11.1 Å². The van der Waals surface area contributed by atoms with Crippen LogP contribution in [0.2, 0.25) is 0 Å². The Balaban J connectivity index is 3.08. The van der Waals surface area contributed by atoms with Crippen molar-refractivity contribution in [1.29, 1.82) is 5.26 Å². The second-order valence-electron chi connectivity index (χ2n) is 3.11. The van der Waals surface area contributed by atoms with Gasteiger partial charge in [-0.1, -0.05) is 0 Å². The molecule has 0 saturated heterocycles. The first kappa shape index (κ1) is 10.3. The summed E-state index contributed by atoms with van der Waals surface area (Å²) in [6, 6.07) is 5.75. The van der Waals surface area contributed by atoms with Gasteiger partial charge in [-0.25, -0.2) is 0 Å². The molecule has 1 aromatic rings. The predicted molar refractivity (Wildman–Crippen MR) is 54.4 cm³/mol. The van der Waals surface area contributed by atoms with Crippen molar-refractivity contribution < 1.29 is 4.74 Å². The summed E-state index contributed by atoms with van der Waals surface area (Å²) in [6.07, 6.45) is 0.375. The van der Waals surface area contributed by atoms with Crippen LogP contribution in [0.4, 0.5) is 5.82 Å². The minimum absolute atomic E-state index is 0.375. The molecule has 0 amide bonds. The second-order valence-corrected chi connectivity index (χ2v) is 3.11. The Kier molecular flexibility index (Phi) is 3.29. The van der Waals surface area contributed by atoms with Crippen molar-refractivity contribution in [3.8, 4) is 11.9 Å². The minimum Gasteiger partial charge on any atom is -0.481 e. The van der Waals surface area contributed by atoms with Gasteiger partial charge in [-0.3, -0.25) is 0 Å². The summed E-state index contributed by atoms with van der Waals surface area (Å²) in [5.41, 5.74) is 0.919. The molecule has 1 aromatic heterocycles. The van der Waals surface area contributed by atoms with E-state index < -0.39 is 0 Å². The molecule has 0 aromatic carbocycles. The van der Waals surface area contributed by atoms with Gasteiger partial charge in [0.25, 0.3) is 0 Å². The average Bonchev–Trinajstić information content (AvgIpc) is 2.17. The van der Waals surface area contributed by atoms with E-state index in [-0.39, 0.29) is 0 Å². The number of pyridine rings is 1. The molecule has 0 bridgehead atoms. The van der Waals surface area contributed by atoms with Gasteiger partial charge in [-0.05, 0) is 11.6 Å². The number of ether oxygens (including phenoxy) is 1. The van der Waals surface area contributed by atoms with Crippen molar-refractivity contribution in [2.24, 2.45) is 0 Å². The van der Waals surface area contributed by atoms with E-state index in [1.54, 1.807) is 13.2 Å². The van der Waals surface area contributed by atoms with Crippen LogP contribution in [-0.2, 0) is 6.42 Å². The highest BCUT2D eigenvalue weighted by Crippen LogP contribution is 2.17. The molecule has 0 saturated carbocycles. The molecule has 4 nitrogen and oxygen atoms in total. The Hall–Kier alpha value is -1.76. The molecular weight excluding hydrogens is 178 g/mol. The van der Waals surface area contributed by atoms with Crippen LogP contribution >= 0.6 is 0 Å². The van der Waals surface area contributed by atoms with E-state index in [1.807, 2.05) is 25.1 Å². The van der Waals surface area contributed by atoms with Gasteiger partial charge in [0.1, 0.15) is 5.82 Å². The van der Waals surface area contributed by atoms with Crippen molar-refractivity contribution in [3.05, 3.63) is 17.7 Å². The molecule has 14 heavy (non-hydrogen) atoms. The molecule has 74 valence electrons. The van der Waals surface area contributed by atoms with Crippen molar-refractivity contribution in [3.63, 3.8) is 0 Å². The molecule has 0 aliphatic carbocycles. The van der Waals surface area contributed by atoms with E-state index in [9.17, 15) is 0 Å². The number of hydrogen-bond donors (Lipinski definition) is 0. The minimum atomic E-state index is 0.375. The standard InChI is InChI=1S/C10H13N3O/c1-13(2)9-6-8(4-5-11)7-10(12-9)14-3/h6-7H,4H2,1-3H3. The molecule has 1 heterocycles. The summed E-state index contributed by atoms with van der Waals surface area (Å²) in [5, 5.41) is 8.59. The van der Waals surface area contributed by atoms with Gasteiger partial charge in [0, 0.05) is 20.2 Å². The lowest BCUT2D eigenvalue weighted by atomic mass is 10.2. The molecule has 1 rings (SSSR count). The van der Waals surface area contributed by atoms with Crippen LogP contribution in [-0.4, -0.2) is 26.2 Å². The van der Waals surface area contributed by atoms with Crippen LogP contribution in [0.5, 0.6) is 5.88 Å². The number of nitriles is 1. The van der Waals surface area contributed by atoms with Gasteiger partial charge in [0.15, 0.2) is 0 Å². The molecule has 0 fully saturated rings. The zero-order valence-corrected chi connectivity index (χ0v) is 8.61. The van der Waals surface area contributed by atoms with Gasteiger partial charge >= 0.3 is 0 Å². The fraction of sp³-hybridized carbons (Fsp3) is 0.400. The lowest BCUT2D eigenvalue weighted by Gasteiger charge is -2.13. The first-order valence-electron chi connectivity index (χ1n) is 4.26. The molecule has 0 aliphatic heterocycles. The van der Waals surface area contributed by atoms with Crippen molar-refractivity contribution in [2.75, 3.05) is 26.1 Å². The third-order valence-electron chi connectivity index (χ3n) is 1.80. The average molecular weight is 191 g/mol. The van der Waals surface area contributed by atoms with E-state index in [0.29, 0.717) is 12.3 Å². The lowest BCUT2D eigenvalue weighted by molar-refractivity contribution is 0.397. The third kappa shape index (κ3) is 2.36. The van der Waals surface area contributed by atoms with Crippen LogP contribution in [0.1, 0.15) is 5.56 Å². The Morgan fingerprint density at radius 2 is 2.21 bits per heavy atom. The normalized spacial score (nSPS) is 9.29. The highest BCUT2D eigenvalue weighted by Gasteiger charge is 2.03. The van der Waals surface area contributed by atoms with Crippen LogP contribution in [0.15, 0.2) is 12.1 Å². The van der Waals surface area contributed by atoms with E-state index >= 15 is 0 Å². The number of anilines is 1. The molecule has 0 atom stereocenters. The van der Waals surface area contributed by atoms with Gasteiger partial charge in [-0.2, -0.15) is 10.2 Å². The number of hydrogen-bond acceptors (Lipinski definition) is 4. The maximum Gasteiger partial charge on any atom is 0.215 e.